The molecule has 0 bridgehead atoms. The first-order chi connectivity index (χ1) is 9.57. The van der Waals surface area contributed by atoms with Crippen molar-refractivity contribution in [3.63, 3.8) is 0 Å². The zero-order chi connectivity index (χ0) is 14.2. The van der Waals surface area contributed by atoms with E-state index < -0.39 is 0 Å². The van der Waals surface area contributed by atoms with E-state index in [4.69, 9.17) is 16.6 Å². The van der Waals surface area contributed by atoms with Gasteiger partial charge >= 0.3 is 0 Å². The van der Waals surface area contributed by atoms with Crippen molar-refractivity contribution in [2.24, 2.45) is 0 Å². The molecule has 2 aromatic heterocycles. The molecule has 3 rings (SSSR count). The Labute approximate surface area is 132 Å². The van der Waals surface area contributed by atoms with E-state index in [9.17, 15) is 0 Å². The van der Waals surface area contributed by atoms with E-state index in [1.54, 1.807) is 22.7 Å². The maximum Gasteiger partial charge on any atom is 0.113 e. The van der Waals surface area contributed by atoms with Crippen LogP contribution in [0.3, 0.4) is 0 Å². The Balaban J connectivity index is 1.85. The molecule has 0 atom stereocenters. The SMILES string of the molecule is CC(C)(c1nc(-c2csc(Cl)c2)cs1)N1CCNCC1. The first kappa shape index (κ1) is 14.5. The Morgan fingerprint density at radius 2 is 2.00 bits per heavy atom. The molecule has 1 aliphatic rings. The van der Waals surface area contributed by atoms with Gasteiger partial charge in [0.2, 0.25) is 0 Å². The molecule has 0 radical (unpaired) electrons. The minimum Gasteiger partial charge on any atom is -0.314 e. The van der Waals surface area contributed by atoms with E-state index in [1.807, 2.05) is 6.07 Å². The molecular weight excluding hydrogens is 310 g/mol. The van der Waals surface area contributed by atoms with Crippen molar-refractivity contribution in [1.82, 2.24) is 15.2 Å². The lowest BCUT2D eigenvalue weighted by atomic mass is 10.0. The number of thiophene rings is 1. The Morgan fingerprint density at radius 1 is 1.25 bits per heavy atom. The van der Waals surface area contributed by atoms with Gasteiger partial charge in [-0.25, -0.2) is 4.98 Å². The number of hydrogen-bond acceptors (Lipinski definition) is 5. The van der Waals surface area contributed by atoms with Gasteiger partial charge in [-0.1, -0.05) is 11.6 Å². The van der Waals surface area contributed by atoms with Crippen molar-refractivity contribution < 1.29 is 0 Å². The van der Waals surface area contributed by atoms with Crippen molar-refractivity contribution >= 4 is 34.3 Å². The second-order valence-corrected chi connectivity index (χ2v) is 7.87. The van der Waals surface area contributed by atoms with Gasteiger partial charge in [0.15, 0.2) is 0 Å². The summed E-state index contributed by atoms with van der Waals surface area (Å²) in [6.45, 7) is 8.80. The monoisotopic (exact) mass is 327 g/mol. The number of nitrogens with one attached hydrogen (secondary N) is 1. The summed E-state index contributed by atoms with van der Waals surface area (Å²) in [6.07, 6.45) is 0. The zero-order valence-electron chi connectivity index (χ0n) is 11.6. The Bertz CT molecular complexity index is 585. The number of aromatic nitrogens is 1. The highest BCUT2D eigenvalue weighted by molar-refractivity contribution is 7.14. The van der Waals surface area contributed by atoms with Gasteiger partial charge < -0.3 is 5.32 Å². The topological polar surface area (TPSA) is 28.2 Å². The fraction of sp³-hybridized carbons (Fsp3) is 0.500. The molecule has 108 valence electrons. The summed E-state index contributed by atoms with van der Waals surface area (Å²) in [5.74, 6) is 0. The second-order valence-electron chi connectivity index (χ2n) is 5.47. The second kappa shape index (κ2) is 5.73. The van der Waals surface area contributed by atoms with Gasteiger partial charge in [-0.05, 0) is 19.9 Å². The van der Waals surface area contributed by atoms with Gasteiger partial charge in [0.1, 0.15) is 5.01 Å². The number of rotatable bonds is 3. The first-order valence-corrected chi connectivity index (χ1v) is 8.87. The van der Waals surface area contributed by atoms with Crippen LogP contribution in [0.4, 0.5) is 0 Å². The third-order valence-electron chi connectivity index (χ3n) is 3.80. The number of nitrogens with zero attached hydrogens (tertiary/aromatic N) is 2. The molecular formula is C14H18ClN3S2. The van der Waals surface area contributed by atoms with Gasteiger partial charge in [-0.15, -0.1) is 22.7 Å². The number of thiazole rings is 1. The van der Waals surface area contributed by atoms with Crippen LogP contribution in [0.1, 0.15) is 18.9 Å². The predicted octanol–water partition coefficient (Wildman–Crippen LogP) is 3.67. The van der Waals surface area contributed by atoms with E-state index in [2.05, 4.69) is 34.8 Å². The largest absolute Gasteiger partial charge is 0.314 e. The lowest BCUT2D eigenvalue weighted by molar-refractivity contribution is 0.102. The van der Waals surface area contributed by atoms with Gasteiger partial charge in [-0.3, -0.25) is 4.90 Å². The van der Waals surface area contributed by atoms with Crippen molar-refractivity contribution in [3.8, 4) is 11.3 Å². The van der Waals surface area contributed by atoms with Crippen LogP contribution >= 0.6 is 34.3 Å². The molecule has 0 aromatic carbocycles. The van der Waals surface area contributed by atoms with Crippen LogP contribution in [-0.2, 0) is 5.54 Å². The van der Waals surface area contributed by atoms with Gasteiger partial charge in [0.05, 0.1) is 15.6 Å². The number of halogens is 1. The van der Waals surface area contributed by atoms with Gasteiger partial charge in [0.25, 0.3) is 0 Å². The number of piperazine rings is 1. The van der Waals surface area contributed by atoms with E-state index in [1.165, 1.54) is 5.01 Å². The summed E-state index contributed by atoms with van der Waals surface area (Å²) in [6, 6.07) is 1.99. The van der Waals surface area contributed by atoms with Gasteiger partial charge in [0, 0.05) is 42.5 Å². The highest BCUT2D eigenvalue weighted by atomic mass is 35.5. The van der Waals surface area contributed by atoms with Crippen molar-refractivity contribution in [2.75, 3.05) is 26.2 Å². The standard InChI is InChI=1S/C14H18ClN3S2/c1-14(2,18-5-3-16-4-6-18)13-17-11(9-20-13)10-7-12(15)19-8-10/h7-9,16H,3-6H2,1-2H3. The molecule has 3 heterocycles. The van der Waals surface area contributed by atoms with Crippen LogP contribution in [0.15, 0.2) is 16.8 Å². The molecule has 6 heteroatoms. The highest BCUT2D eigenvalue weighted by Gasteiger charge is 2.32. The molecule has 1 fully saturated rings. The number of hydrogen-bond donors (Lipinski definition) is 1. The fourth-order valence-electron chi connectivity index (χ4n) is 2.49. The third-order valence-corrected chi connectivity index (χ3v) is 6.04. The maximum atomic E-state index is 6.01. The van der Waals surface area contributed by atoms with Crippen LogP contribution < -0.4 is 5.32 Å². The lowest BCUT2D eigenvalue weighted by Gasteiger charge is -2.39. The molecule has 1 saturated heterocycles. The van der Waals surface area contributed by atoms with Crippen LogP contribution in [0.25, 0.3) is 11.3 Å². The molecule has 20 heavy (non-hydrogen) atoms. The van der Waals surface area contributed by atoms with Crippen LogP contribution in [0.2, 0.25) is 4.34 Å². The summed E-state index contributed by atoms with van der Waals surface area (Å²) in [7, 11) is 0. The maximum absolute atomic E-state index is 6.01. The average molecular weight is 328 g/mol. The predicted molar refractivity (Wildman–Crippen MR) is 87.9 cm³/mol. The van der Waals surface area contributed by atoms with Gasteiger partial charge in [-0.2, -0.15) is 0 Å². The molecule has 1 N–H and O–H groups in total. The third kappa shape index (κ3) is 2.78. The van der Waals surface area contributed by atoms with Crippen LogP contribution in [0.5, 0.6) is 0 Å². The van der Waals surface area contributed by atoms with E-state index in [0.29, 0.717) is 0 Å². The quantitative estimate of drug-likeness (QED) is 0.932. The van der Waals surface area contributed by atoms with E-state index >= 15 is 0 Å². The van der Waals surface area contributed by atoms with E-state index in [-0.39, 0.29) is 5.54 Å². The molecule has 1 aliphatic heterocycles. The molecule has 0 unspecified atom stereocenters. The summed E-state index contributed by atoms with van der Waals surface area (Å²) >= 11 is 9.31. The summed E-state index contributed by atoms with van der Waals surface area (Å²) in [5, 5.41) is 8.78. The lowest BCUT2D eigenvalue weighted by Crippen LogP contribution is -2.51. The smallest absolute Gasteiger partial charge is 0.113 e. The van der Waals surface area contributed by atoms with Crippen molar-refractivity contribution in [3.05, 3.63) is 26.2 Å². The highest BCUT2D eigenvalue weighted by Crippen LogP contribution is 2.35. The van der Waals surface area contributed by atoms with Crippen molar-refractivity contribution in [1.29, 1.82) is 0 Å². The van der Waals surface area contributed by atoms with Crippen LogP contribution in [0, 0.1) is 0 Å². The summed E-state index contributed by atoms with van der Waals surface area (Å²) in [4.78, 5) is 7.35. The average Bonchev–Trinajstić information content (AvgIpc) is 3.08. The molecule has 0 amide bonds. The normalized spacial score (nSPS) is 17.6. The molecule has 0 spiro atoms. The molecule has 2 aromatic rings. The molecule has 3 nitrogen and oxygen atoms in total. The molecule has 0 saturated carbocycles. The minimum absolute atomic E-state index is 0.00909. The molecule has 0 aliphatic carbocycles. The Kier molecular flexibility index (Phi) is 4.15. The Morgan fingerprint density at radius 3 is 2.65 bits per heavy atom. The minimum atomic E-state index is -0.00909. The van der Waals surface area contributed by atoms with E-state index in [0.717, 1.165) is 41.8 Å². The van der Waals surface area contributed by atoms with Crippen molar-refractivity contribution in [2.45, 2.75) is 19.4 Å². The zero-order valence-corrected chi connectivity index (χ0v) is 14.0. The summed E-state index contributed by atoms with van der Waals surface area (Å²) < 4.78 is 0.816. The fourth-order valence-corrected chi connectivity index (χ4v) is 4.35. The Hall–Kier alpha value is -0.460. The summed E-state index contributed by atoms with van der Waals surface area (Å²) in [5.41, 5.74) is 2.15. The van der Waals surface area contributed by atoms with Crippen LogP contribution in [-0.4, -0.2) is 36.1 Å². The first-order valence-electron chi connectivity index (χ1n) is 6.73.